The molecule has 2 aromatic carbocycles. The van der Waals surface area contributed by atoms with Crippen molar-refractivity contribution in [3.8, 4) is 0 Å². The molecular weight excluding hydrogens is 454 g/mol. The lowest BCUT2D eigenvalue weighted by molar-refractivity contribution is 0.0984. The lowest BCUT2D eigenvalue weighted by Crippen LogP contribution is -2.30. The van der Waals surface area contributed by atoms with Gasteiger partial charge in [-0.05, 0) is 74.4 Å². The van der Waals surface area contributed by atoms with Gasteiger partial charge in [-0.15, -0.1) is 0 Å². The number of nitrogens with zero attached hydrogens (tertiary/aromatic N) is 3. The maximum Gasteiger partial charge on any atom is 0.260 e. The van der Waals surface area contributed by atoms with Gasteiger partial charge in [0.25, 0.3) is 5.91 Å². The van der Waals surface area contributed by atoms with Crippen LogP contribution in [0.25, 0.3) is 10.2 Å². The predicted molar refractivity (Wildman–Crippen MR) is 133 cm³/mol. The van der Waals surface area contributed by atoms with Gasteiger partial charge in [-0.25, -0.2) is 13.4 Å². The van der Waals surface area contributed by atoms with E-state index in [1.807, 2.05) is 30.3 Å². The second-order valence-electron chi connectivity index (χ2n) is 7.98. The first-order valence-electron chi connectivity index (χ1n) is 10.7. The molecule has 0 fully saturated rings. The number of aromatic nitrogens is 2. The van der Waals surface area contributed by atoms with Crippen LogP contribution in [0, 0.1) is 0 Å². The van der Waals surface area contributed by atoms with Gasteiger partial charge >= 0.3 is 0 Å². The third-order valence-corrected chi connectivity index (χ3v) is 8.63. The molecule has 8 heteroatoms. The predicted octanol–water partition coefficient (Wildman–Crippen LogP) is 5.28. The van der Waals surface area contributed by atoms with Crippen molar-refractivity contribution in [2.75, 3.05) is 4.90 Å². The number of amides is 1. The van der Waals surface area contributed by atoms with Crippen molar-refractivity contribution in [3.63, 3.8) is 0 Å². The number of pyridine rings is 1. The molecule has 170 valence electrons. The minimum atomic E-state index is -3.41. The van der Waals surface area contributed by atoms with E-state index < -0.39 is 15.1 Å². The number of fused-ring (bicyclic) bond motifs is 1. The van der Waals surface area contributed by atoms with Crippen molar-refractivity contribution < 1.29 is 13.2 Å². The molecule has 0 aliphatic carbocycles. The van der Waals surface area contributed by atoms with Crippen molar-refractivity contribution in [1.82, 2.24) is 9.97 Å². The number of rotatable bonds is 7. The van der Waals surface area contributed by atoms with Gasteiger partial charge in [0.2, 0.25) is 0 Å². The number of thiazole rings is 1. The zero-order valence-electron chi connectivity index (χ0n) is 18.7. The summed E-state index contributed by atoms with van der Waals surface area (Å²) in [6.45, 7) is 5.63. The van der Waals surface area contributed by atoms with E-state index in [9.17, 15) is 13.2 Å². The Morgan fingerprint density at radius 1 is 1.06 bits per heavy atom. The quantitative estimate of drug-likeness (QED) is 0.360. The molecule has 4 aromatic rings. The molecule has 0 saturated carbocycles. The minimum Gasteiger partial charge on any atom is -0.278 e. The lowest BCUT2D eigenvalue weighted by Gasteiger charge is -2.20. The van der Waals surface area contributed by atoms with Crippen LogP contribution >= 0.6 is 11.3 Å². The second-order valence-corrected chi connectivity index (χ2v) is 11.5. The Hall–Kier alpha value is -3.10. The van der Waals surface area contributed by atoms with E-state index in [2.05, 4.69) is 18.0 Å². The monoisotopic (exact) mass is 479 g/mol. The van der Waals surface area contributed by atoms with Crippen molar-refractivity contribution in [3.05, 3.63) is 83.7 Å². The van der Waals surface area contributed by atoms with Gasteiger partial charge in [-0.3, -0.25) is 14.7 Å². The molecule has 0 aliphatic rings. The maximum atomic E-state index is 13.6. The van der Waals surface area contributed by atoms with Gasteiger partial charge < -0.3 is 0 Å². The van der Waals surface area contributed by atoms with E-state index in [1.165, 1.54) is 29.0 Å². The summed E-state index contributed by atoms with van der Waals surface area (Å²) >= 11 is 1.46. The van der Waals surface area contributed by atoms with E-state index in [1.54, 1.807) is 37.1 Å². The minimum absolute atomic E-state index is 0.206. The van der Waals surface area contributed by atoms with Crippen LogP contribution in [0.15, 0.2) is 71.8 Å². The summed E-state index contributed by atoms with van der Waals surface area (Å²) in [7, 11) is -3.41. The van der Waals surface area contributed by atoms with Crippen LogP contribution in [0.1, 0.15) is 42.4 Å². The highest BCUT2D eigenvalue weighted by Crippen LogP contribution is 2.31. The van der Waals surface area contributed by atoms with Crippen LogP contribution in [0.2, 0.25) is 0 Å². The Kier molecular flexibility index (Phi) is 6.58. The summed E-state index contributed by atoms with van der Waals surface area (Å²) in [6, 6.07) is 17.8. The highest BCUT2D eigenvalue weighted by Gasteiger charge is 2.24. The SMILES string of the molecule is CCc1ccc2nc(N(Cc3ccccn3)C(=O)c3ccc(S(=O)(=O)C(C)C)cc3)sc2c1. The van der Waals surface area contributed by atoms with E-state index in [-0.39, 0.29) is 17.3 Å². The zero-order valence-corrected chi connectivity index (χ0v) is 20.4. The first-order valence-corrected chi connectivity index (χ1v) is 13.1. The third kappa shape index (κ3) is 4.82. The van der Waals surface area contributed by atoms with Gasteiger partial charge in [0.05, 0.1) is 32.6 Å². The first kappa shape index (κ1) is 23.1. The fourth-order valence-corrected chi connectivity index (χ4v) is 5.47. The summed E-state index contributed by atoms with van der Waals surface area (Å²) in [5.74, 6) is -0.260. The van der Waals surface area contributed by atoms with Gasteiger partial charge in [-0.1, -0.05) is 30.4 Å². The number of anilines is 1. The molecule has 0 radical (unpaired) electrons. The molecule has 0 saturated heterocycles. The average Bonchev–Trinajstić information content (AvgIpc) is 3.25. The smallest absolute Gasteiger partial charge is 0.260 e. The van der Waals surface area contributed by atoms with Crippen LogP contribution in [-0.4, -0.2) is 29.5 Å². The van der Waals surface area contributed by atoms with Gasteiger partial charge in [-0.2, -0.15) is 0 Å². The van der Waals surface area contributed by atoms with Crippen LogP contribution in [0.5, 0.6) is 0 Å². The molecule has 4 rings (SSSR count). The fourth-order valence-electron chi connectivity index (χ4n) is 3.39. The van der Waals surface area contributed by atoms with E-state index in [0.717, 1.165) is 22.3 Å². The molecule has 0 N–H and O–H groups in total. The molecule has 2 heterocycles. The van der Waals surface area contributed by atoms with Gasteiger partial charge in [0.1, 0.15) is 0 Å². The van der Waals surface area contributed by atoms with Crippen molar-refractivity contribution in [2.24, 2.45) is 0 Å². The average molecular weight is 480 g/mol. The third-order valence-electron chi connectivity index (χ3n) is 5.42. The molecule has 33 heavy (non-hydrogen) atoms. The van der Waals surface area contributed by atoms with E-state index in [4.69, 9.17) is 4.98 Å². The lowest BCUT2D eigenvalue weighted by atomic mass is 10.2. The number of benzene rings is 2. The molecular formula is C25H25N3O3S2. The zero-order chi connectivity index (χ0) is 23.6. The Balaban J connectivity index is 1.72. The molecule has 0 spiro atoms. The normalized spacial score (nSPS) is 11.8. The van der Waals surface area contributed by atoms with Gasteiger partial charge in [0, 0.05) is 11.8 Å². The maximum absolute atomic E-state index is 13.6. The molecule has 0 atom stereocenters. The highest BCUT2D eigenvalue weighted by atomic mass is 32.2. The summed E-state index contributed by atoms with van der Waals surface area (Å²) in [5.41, 5.74) is 3.17. The largest absolute Gasteiger partial charge is 0.278 e. The number of carbonyl (C=O) groups excluding carboxylic acids is 1. The molecule has 1 amide bonds. The number of aryl methyl sites for hydroxylation is 1. The standard InChI is InChI=1S/C25H25N3O3S2/c1-4-18-8-13-22-23(15-18)32-25(27-22)28(16-20-7-5-6-14-26-20)24(29)19-9-11-21(12-10-19)33(30,31)17(2)3/h5-15,17H,4,16H2,1-3H3. The van der Waals surface area contributed by atoms with Gasteiger partial charge in [0.15, 0.2) is 15.0 Å². The summed E-state index contributed by atoms with van der Waals surface area (Å²) in [5, 5.41) is 0.0447. The topological polar surface area (TPSA) is 80.2 Å². The molecule has 0 unspecified atom stereocenters. The van der Waals surface area contributed by atoms with Crippen molar-refractivity contribution in [2.45, 2.75) is 43.9 Å². The van der Waals surface area contributed by atoms with Crippen LogP contribution in [-0.2, 0) is 22.8 Å². The Morgan fingerprint density at radius 3 is 2.45 bits per heavy atom. The molecule has 0 bridgehead atoms. The van der Waals surface area contributed by atoms with Crippen LogP contribution in [0.3, 0.4) is 0 Å². The van der Waals surface area contributed by atoms with Crippen LogP contribution < -0.4 is 4.90 Å². The molecule has 0 aliphatic heterocycles. The Labute approximate surface area is 197 Å². The summed E-state index contributed by atoms with van der Waals surface area (Å²) in [4.78, 5) is 24.4. The van der Waals surface area contributed by atoms with E-state index >= 15 is 0 Å². The van der Waals surface area contributed by atoms with Crippen molar-refractivity contribution >= 4 is 42.4 Å². The number of sulfone groups is 1. The Morgan fingerprint density at radius 2 is 1.82 bits per heavy atom. The second kappa shape index (κ2) is 9.41. The molecule has 2 aromatic heterocycles. The number of carbonyl (C=O) groups is 1. The fraction of sp³-hybridized carbons (Fsp3) is 0.240. The van der Waals surface area contributed by atoms with Crippen LogP contribution in [0.4, 0.5) is 5.13 Å². The highest BCUT2D eigenvalue weighted by molar-refractivity contribution is 7.92. The Bertz CT molecular complexity index is 1380. The van der Waals surface area contributed by atoms with Crippen molar-refractivity contribution in [1.29, 1.82) is 0 Å². The molecule has 6 nitrogen and oxygen atoms in total. The number of hydrogen-bond donors (Lipinski definition) is 0. The first-order chi connectivity index (χ1) is 15.8. The summed E-state index contributed by atoms with van der Waals surface area (Å²) < 4.78 is 25.9. The van der Waals surface area contributed by atoms with E-state index in [0.29, 0.717) is 10.7 Å². The summed E-state index contributed by atoms with van der Waals surface area (Å²) in [6.07, 6.45) is 2.61. The number of hydrogen-bond acceptors (Lipinski definition) is 6.